The van der Waals surface area contributed by atoms with Crippen LogP contribution in [0.25, 0.3) is 0 Å². The van der Waals surface area contributed by atoms with E-state index in [1.807, 2.05) is 12.1 Å². The SMILES string of the molecule is COc1cc2c(cc1OC)CN(C(=O)Nc1n[nH]c(C)n1)CC2. The van der Waals surface area contributed by atoms with Gasteiger partial charge in [-0.25, -0.2) is 4.79 Å². The summed E-state index contributed by atoms with van der Waals surface area (Å²) in [6.45, 7) is 2.90. The highest BCUT2D eigenvalue weighted by molar-refractivity contribution is 5.87. The largest absolute Gasteiger partial charge is 0.493 e. The van der Waals surface area contributed by atoms with Crippen molar-refractivity contribution in [3.63, 3.8) is 0 Å². The molecule has 0 spiro atoms. The van der Waals surface area contributed by atoms with Gasteiger partial charge in [0.25, 0.3) is 0 Å². The first-order chi connectivity index (χ1) is 11.1. The average Bonchev–Trinajstić information content (AvgIpc) is 2.97. The van der Waals surface area contributed by atoms with Crippen LogP contribution in [0.3, 0.4) is 0 Å². The van der Waals surface area contributed by atoms with E-state index < -0.39 is 0 Å². The quantitative estimate of drug-likeness (QED) is 0.899. The first kappa shape index (κ1) is 15.1. The number of anilines is 1. The molecule has 0 aliphatic carbocycles. The number of amides is 2. The van der Waals surface area contributed by atoms with Gasteiger partial charge in [0, 0.05) is 13.1 Å². The summed E-state index contributed by atoms with van der Waals surface area (Å²) in [5, 5.41) is 9.30. The third-order valence-corrected chi connectivity index (χ3v) is 3.82. The van der Waals surface area contributed by atoms with Crippen molar-refractivity contribution in [3.05, 3.63) is 29.1 Å². The van der Waals surface area contributed by atoms with Crippen LogP contribution in [0.15, 0.2) is 12.1 Å². The molecular weight excluding hydrogens is 298 g/mol. The van der Waals surface area contributed by atoms with Crippen molar-refractivity contribution >= 4 is 12.0 Å². The zero-order chi connectivity index (χ0) is 16.4. The number of benzene rings is 1. The minimum absolute atomic E-state index is 0.218. The van der Waals surface area contributed by atoms with Crippen LogP contribution in [0.2, 0.25) is 0 Å². The highest BCUT2D eigenvalue weighted by atomic mass is 16.5. The number of hydrogen-bond donors (Lipinski definition) is 2. The summed E-state index contributed by atoms with van der Waals surface area (Å²) in [6.07, 6.45) is 0.760. The van der Waals surface area contributed by atoms with E-state index in [0.717, 1.165) is 12.0 Å². The molecule has 1 aromatic carbocycles. The van der Waals surface area contributed by atoms with Gasteiger partial charge < -0.3 is 14.4 Å². The molecular formula is C15H19N5O3. The minimum Gasteiger partial charge on any atom is -0.493 e. The number of fused-ring (bicyclic) bond motifs is 1. The van der Waals surface area contributed by atoms with Gasteiger partial charge in [0.2, 0.25) is 5.95 Å². The minimum atomic E-state index is -0.218. The summed E-state index contributed by atoms with van der Waals surface area (Å²) < 4.78 is 10.6. The molecule has 2 heterocycles. The molecule has 0 saturated carbocycles. The number of hydrogen-bond acceptors (Lipinski definition) is 5. The molecule has 122 valence electrons. The number of aromatic amines is 1. The zero-order valence-corrected chi connectivity index (χ0v) is 13.3. The third kappa shape index (κ3) is 3.05. The molecule has 3 rings (SSSR count). The van der Waals surface area contributed by atoms with Crippen molar-refractivity contribution in [1.82, 2.24) is 20.1 Å². The first-order valence-electron chi connectivity index (χ1n) is 7.29. The van der Waals surface area contributed by atoms with E-state index >= 15 is 0 Å². The Hall–Kier alpha value is -2.77. The average molecular weight is 317 g/mol. The summed E-state index contributed by atoms with van der Waals surface area (Å²) in [7, 11) is 3.22. The molecule has 2 aromatic rings. The first-order valence-corrected chi connectivity index (χ1v) is 7.29. The molecule has 1 aliphatic rings. The van der Waals surface area contributed by atoms with E-state index in [0.29, 0.717) is 30.4 Å². The standard InChI is InChI=1S/C15H19N5O3/c1-9-16-14(19-18-9)17-15(21)20-5-4-10-6-12(22-2)13(23-3)7-11(10)8-20/h6-7H,4-5,8H2,1-3H3,(H2,16,17,18,19,21). The van der Waals surface area contributed by atoms with Gasteiger partial charge in [-0.1, -0.05) is 0 Å². The van der Waals surface area contributed by atoms with Gasteiger partial charge in [-0.3, -0.25) is 10.4 Å². The topological polar surface area (TPSA) is 92.4 Å². The van der Waals surface area contributed by atoms with Crippen molar-refractivity contribution in [3.8, 4) is 11.5 Å². The van der Waals surface area contributed by atoms with Gasteiger partial charge in [-0.2, -0.15) is 4.98 Å². The lowest BCUT2D eigenvalue weighted by atomic mass is 9.99. The molecule has 1 aliphatic heterocycles. The Morgan fingerprint density at radius 2 is 1.96 bits per heavy atom. The summed E-state index contributed by atoms with van der Waals surface area (Å²) in [6, 6.07) is 3.68. The number of aryl methyl sites for hydroxylation is 1. The lowest BCUT2D eigenvalue weighted by Gasteiger charge is -2.29. The lowest BCUT2D eigenvalue weighted by molar-refractivity contribution is 0.206. The predicted octanol–water partition coefficient (Wildman–Crippen LogP) is 1.72. The smallest absolute Gasteiger partial charge is 0.324 e. The molecule has 2 amide bonds. The molecule has 0 radical (unpaired) electrons. The van der Waals surface area contributed by atoms with Crippen molar-refractivity contribution in [2.75, 3.05) is 26.1 Å². The van der Waals surface area contributed by atoms with Crippen molar-refractivity contribution in [2.24, 2.45) is 0 Å². The Kier molecular flexibility index (Phi) is 4.05. The van der Waals surface area contributed by atoms with Crippen LogP contribution in [-0.4, -0.2) is 46.9 Å². The van der Waals surface area contributed by atoms with E-state index in [1.165, 1.54) is 5.56 Å². The molecule has 8 heteroatoms. The lowest BCUT2D eigenvalue weighted by Crippen LogP contribution is -2.39. The Morgan fingerprint density at radius 3 is 2.57 bits per heavy atom. The molecule has 0 saturated heterocycles. The number of ether oxygens (including phenoxy) is 2. The van der Waals surface area contributed by atoms with E-state index in [2.05, 4.69) is 20.5 Å². The van der Waals surface area contributed by atoms with E-state index in [9.17, 15) is 4.79 Å². The van der Waals surface area contributed by atoms with Crippen LogP contribution < -0.4 is 14.8 Å². The number of carbonyl (C=O) groups excluding carboxylic acids is 1. The number of methoxy groups -OCH3 is 2. The van der Waals surface area contributed by atoms with E-state index in [1.54, 1.807) is 26.0 Å². The predicted molar refractivity (Wildman–Crippen MR) is 83.8 cm³/mol. The molecule has 0 atom stereocenters. The maximum absolute atomic E-state index is 12.3. The fraction of sp³-hybridized carbons (Fsp3) is 0.400. The second kappa shape index (κ2) is 6.15. The molecule has 2 N–H and O–H groups in total. The maximum Gasteiger partial charge on any atom is 0.324 e. The molecule has 0 bridgehead atoms. The summed E-state index contributed by atoms with van der Waals surface area (Å²) >= 11 is 0. The van der Waals surface area contributed by atoms with Crippen LogP contribution in [0.1, 0.15) is 17.0 Å². The Morgan fingerprint density at radius 1 is 1.26 bits per heavy atom. The number of carbonyl (C=O) groups is 1. The van der Waals surface area contributed by atoms with Crippen LogP contribution in [0.4, 0.5) is 10.7 Å². The Labute approximate surface area is 133 Å². The third-order valence-electron chi connectivity index (χ3n) is 3.82. The van der Waals surface area contributed by atoms with E-state index in [4.69, 9.17) is 9.47 Å². The number of nitrogens with one attached hydrogen (secondary N) is 2. The van der Waals surface area contributed by atoms with E-state index in [-0.39, 0.29) is 12.0 Å². The number of nitrogens with zero attached hydrogens (tertiary/aromatic N) is 3. The summed E-state index contributed by atoms with van der Waals surface area (Å²) in [4.78, 5) is 18.1. The van der Waals surface area contributed by atoms with Gasteiger partial charge in [-0.15, -0.1) is 5.10 Å². The molecule has 0 unspecified atom stereocenters. The van der Waals surface area contributed by atoms with Gasteiger partial charge in [0.05, 0.1) is 14.2 Å². The van der Waals surface area contributed by atoms with Gasteiger partial charge in [-0.05, 0) is 36.6 Å². The molecule has 8 nitrogen and oxygen atoms in total. The normalized spacial score (nSPS) is 13.4. The molecule has 23 heavy (non-hydrogen) atoms. The monoisotopic (exact) mass is 317 g/mol. The van der Waals surface area contributed by atoms with Crippen LogP contribution in [0.5, 0.6) is 11.5 Å². The maximum atomic E-state index is 12.3. The van der Waals surface area contributed by atoms with Crippen LogP contribution >= 0.6 is 0 Å². The van der Waals surface area contributed by atoms with Crippen molar-refractivity contribution in [2.45, 2.75) is 19.9 Å². The Balaban J connectivity index is 1.75. The number of aromatic nitrogens is 3. The second-order valence-corrected chi connectivity index (χ2v) is 5.32. The van der Waals surface area contributed by atoms with Gasteiger partial charge in [0.1, 0.15) is 5.82 Å². The fourth-order valence-corrected chi connectivity index (χ4v) is 2.63. The zero-order valence-electron chi connectivity index (χ0n) is 13.3. The van der Waals surface area contributed by atoms with Crippen molar-refractivity contribution in [1.29, 1.82) is 0 Å². The summed E-state index contributed by atoms with van der Waals surface area (Å²) in [5.41, 5.74) is 2.22. The number of rotatable bonds is 3. The number of urea groups is 1. The molecule has 1 aromatic heterocycles. The van der Waals surface area contributed by atoms with Crippen LogP contribution in [-0.2, 0) is 13.0 Å². The highest BCUT2D eigenvalue weighted by Gasteiger charge is 2.23. The van der Waals surface area contributed by atoms with Crippen LogP contribution in [0, 0.1) is 6.92 Å². The van der Waals surface area contributed by atoms with Gasteiger partial charge >= 0.3 is 6.03 Å². The van der Waals surface area contributed by atoms with Gasteiger partial charge in [0.15, 0.2) is 11.5 Å². The fourth-order valence-electron chi connectivity index (χ4n) is 2.63. The second-order valence-electron chi connectivity index (χ2n) is 5.32. The number of H-pyrrole nitrogens is 1. The summed E-state index contributed by atoms with van der Waals surface area (Å²) in [5.74, 6) is 2.31. The highest BCUT2D eigenvalue weighted by Crippen LogP contribution is 2.33. The Bertz CT molecular complexity index is 728. The molecule has 0 fully saturated rings. The van der Waals surface area contributed by atoms with Crippen molar-refractivity contribution < 1.29 is 14.3 Å².